The van der Waals surface area contributed by atoms with Gasteiger partial charge < -0.3 is 4.84 Å². The quantitative estimate of drug-likeness (QED) is 0.641. The highest BCUT2D eigenvalue weighted by Gasteiger charge is 2.22. The number of hydrogen-bond acceptors (Lipinski definition) is 4. The molecule has 0 spiro atoms. The fraction of sp³-hybridized carbons (Fsp3) is 0.133. The van der Waals surface area contributed by atoms with Gasteiger partial charge in [0.15, 0.2) is 5.75 Å². The van der Waals surface area contributed by atoms with Gasteiger partial charge in [-0.1, -0.05) is 18.2 Å². The summed E-state index contributed by atoms with van der Waals surface area (Å²) in [5, 5.41) is 11.7. The lowest BCUT2D eigenvalue weighted by atomic mass is 10.2. The normalized spacial score (nSPS) is 10.1. The van der Waals surface area contributed by atoms with Gasteiger partial charge in [-0.15, -0.1) is 5.06 Å². The molecule has 0 aliphatic carbocycles. The Kier molecular flexibility index (Phi) is 4.36. The van der Waals surface area contributed by atoms with Crippen molar-refractivity contribution < 1.29 is 18.9 Å². The third-order valence-electron chi connectivity index (χ3n) is 2.98. The fourth-order valence-electron chi connectivity index (χ4n) is 1.85. The number of benzene rings is 2. The van der Waals surface area contributed by atoms with E-state index in [9.17, 15) is 19.3 Å². The van der Waals surface area contributed by atoms with Gasteiger partial charge in [-0.3, -0.25) is 14.9 Å². The third kappa shape index (κ3) is 3.03. The first-order valence-corrected chi connectivity index (χ1v) is 6.39. The van der Waals surface area contributed by atoms with Crippen molar-refractivity contribution in [1.82, 2.24) is 0 Å². The summed E-state index contributed by atoms with van der Waals surface area (Å²) in [6.45, 7) is 2.64. The second-order valence-corrected chi connectivity index (χ2v) is 4.52. The molecule has 0 aromatic heterocycles. The van der Waals surface area contributed by atoms with Gasteiger partial charge in [0.05, 0.1) is 10.6 Å². The van der Waals surface area contributed by atoms with E-state index in [0.717, 1.165) is 11.1 Å². The van der Waals surface area contributed by atoms with Crippen LogP contribution in [0.4, 0.5) is 15.8 Å². The summed E-state index contributed by atoms with van der Waals surface area (Å²) >= 11 is 0. The number of para-hydroxylation sites is 1. The number of anilines is 1. The Bertz CT molecular complexity index is 719. The number of rotatable bonds is 4. The lowest BCUT2D eigenvalue weighted by molar-refractivity contribution is -0.387. The molecule has 22 heavy (non-hydrogen) atoms. The number of hydroxylamine groups is 1. The van der Waals surface area contributed by atoms with Gasteiger partial charge in [-0.05, 0) is 25.1 Å². The first-order chi connectivity index (χ1) is 10.4. The fourth-order valence-corrected chi connectivity index (χ4v) is 1.85. The summed E-state index contributed by atoms with van der Waals surface area (Å²) in [6.07, 6.45) is 0. The van der Waals surface area contributed by atoms with Gasteiger partial charge in [0.1, 0.15) is 0 Å². The van der Waals surface area contributed by atoms with E-state index in [1.807, 2.05) is 0 Å². The summed E-state index contributed by atoms with van der Waals surface area (Å²) in [6, 6.07) is 10.8. The first-order valence-electron chi connectivity index (χ1n) is 6.39. The molecule has 0 aliphatic heterocycles. The Morgan fingerprint density at radius 2 is 1.86 bits per heavy atom. The molecule has 0 heterocycles. The van der Waals surface area contributed by atoms with E-state index in [4.69, 9.17) is 4.84 Å². The lowest BCUT2D eigenvalue weighted by Gasteiger charge is -2.21. The van der Waals surface area contributed by atoms with Gasteiger partial charge in [-0.25, -0.2) is 0 Å². The number of halogens is 1. The molecule has 0 bridgehead atoms. The molecule has 2 rings (SSSR count). The van der Waals surface area contributed by atoms with Crippen LogP contribution < -0.4 is 9.90 Å². The van der Waals surface area contributed by atoms with Crippen molar-refractivity contribution in [3.63, 3.8) is 0 Å². The molecular formula is C15H13FN2O4. The zero-order chi connectivity index (χ0) is 16.3. The summed E-state index contributed by atoms with van der Waals surface area (Å²) < 4.78 is 13.9. The predicted molar refractivity (Wildman–Crippen MR) is 78.0 cm³/mol. The number of carbonyl (C=O) groups excluding carboxylic acids is 1. The van der Waals surface area contributed by atoms with Gasteiger partial charge in [-0.2, -0.15) is 4.39 Å². The molecule has 2 aromatic carbocycles. The Morgan fingerprint density at radius 3 is 2.41 bits per heavy atom. The van der Waals surface area contributed by atoms with Crippen molar-refractivity contribution >= 4 is 17.3 Å². The second-order valence-electron chi connectivity index (χ2n) is 4.52. The molecule has 0 atom stereocenters. The SMILES string of the molecule is CC(=O)N(Oc1ccc([N+](=O)[O-])c(F)c1C)c1ccccc1. The summed E-state index contributed by atoms with van der Waals surface area (Å²) in [7, 11) is 0. The number of carbonyl (C=O) groups is 1. The maximum Gasteiger partial charge on any atom is 0.305 e. The van der Waals surface area contributed by atoms with Crippen LogP contribution in [-0.4, -0.2) is 10.8 Å². The Balaban J connectivity index is 2.38. The van der Waals surface area contributed by atoms with E-state index in [1.54, 1.807) is 30.3 Å². The smallest absolute Gasteiger partial charge is 0.305 e. The van der Waals surface area contributed by atoms with Crippen LogP contribution in [0.1, 0.15) is 12.5 Å². The monoisotopic (exact) mass is 304 g/mol. The van der Waals surface area contributed by atoms with Crippen LogP contribution >= 0.6 is 0 Å². The molecule has 0 N–H and O–H groups in total. The molecular weight excluding hydrogens is 291 g/mol. The summed E-state index contributed by atoms with van der Waals surface area (Å²) in [5.41, 5.74) is -0.219. The van der Waals surface area contributed by atoms with E-state index in [1.165, 1.54) is 19.9 Å². The van der Waals surface area contributed by atoms with Crippen molar-refractivity contribution in [3.8, 4) is 5.75 Å². The highest BCUT2D eigenvalue weighted by Crippen LogP contribution is 2.29. The predicted octanol–water partition coefficient (Wildman–Crippen LogP) is 3.39. The number of nitro groups is 1. The zero-order valence-electron chi connectivity index (χ0n) is 11.9. The Labute approximate surface area is 125 Å². The van der Waals surface area contributed by atoms with Crippen LogP contribution in [0.2, 0.25) is 0 Å². The Morgan fingerprint density at radius 1 is 1.23 bits per heavy atom. The van der Waals surface area contributed by atoms with Gasteiger partial charge >= 0.3 is 5.69 Å². The highest BCUT2D eigenvalue weighted by atomic mass is 19.1. The van der Waals surface area contributed by atoms with Crippen molar-refractivity contribution in [1.29, 1.82) is 0 Å². The number of nitrogens with zero attached hydrogens (tertiary/aromatic N) is 2. The molecule has 0 aliphatic rings. The molecule has 7 heteroatoms. The van der Waals surface area contributed by atoms with Gasteiger partial charge in [0.2, 0.25) is 5.82 Å². The van der Waals surface area contributed by atoms with Crippen molar-refractivity contribution in [2.45, 2.75) is 13.8 Å². The molecule has 6 nitrogen and oxygen atoms in total. The van der Waals surface area contributed by atoms with Gasteiger partial charge in [0, 0.05) is 18.6 Å². The molecule has 0 fully saturated rings. The first kappa shape index (κ1) is 15.4. The van der Waals surface area contributed by atoms with Crippen LogP contribution in [0.15, 0.2) is 42.5 Å². The molecule has 0 unspecified atom stereocenters. The van der Waals surface area contributed by atoms with E-state index >= 15 is 0 Å². The van der Waals surface area contributed by atoms with E-state index in [-0.39, 0.29) is 11.3 Å². The number of nitro benzene ring substituents is 1. The van der Waals surface area contributed by atoms with E-state index < -0.39 is 22.3 Å². The standard InChI is InChI=1S/C15H13FN2O4/c1-10-14(9-8-13(15(10)16)18(20)21)22-17(11(2)19)12-6-4-3-5-7-12/h3-9H,1-2H3. The van der Waals surface area contributed by atoms with E-state index in [2.05, 4.69) is 0 Å². The number of hydrogen-bond donors (Lipinski definition) is 0. The molecule has 114 valence electrons. The highest BCUT2D eigenvalue weighted by molar-refractivity contribution is 5.89. The third-order valence-corrected chi connectivity index (χ3v) is 2.98. The minimum Gasteiger partial charge on any atom is -0.372 e. The molecule has 2 aromatic rings. The Hall–Kier alpha value is -2.96. The van der Waals surface area contributed by atoms with Crippen LogP contribution in [0.5, 0.6) is 5.75 Å². The average Bonchev–Trinajstić information content (AvgIpc) is 2.49. The summed E-state index contributed by atoms with van der Waals surface area (Å²) in [4.78, 5) is 27.0. The van der Waals surface area contributed by atoms with Crippen molar-refractivity contribution in [2.75, 3.05) is 5.06 Å². The van der Waals surface area contributed by atoms with E-state index in [0.29, 0.717) is 5.69 Å². The van der Waals surface area contributed by atoms with Crippen LogP contribution in [-0.2, 0) is 4.79 Å². The van der Waals surface area contributed by atoms with Gasteiger partial charge in [0.25, 0.3) is 5.91 Å². The topological polar surface area (TPSA) is 72.7 Å². The molecule has 1 amide bonds. The maximum atomic E-state index is 13.9. The van der Waals surface area contributed by atoms with Crippen molar-refractivity contribution in [3.05, 3.63) is 64.0 Å². The largest absolute Gasteiger partial charge is 0.372 e. The lowest BCUT2D eigenvalue weighted by Crippen LogP contribution is -2.32. The molecule has 0 saturated heterocycles. The average molecular weight is 304 g/mol. The molecule has 0 radical (unpaired) electrons. The van der Waals surface area contributed by atoms with Crippen molar-refractivity contribution in [2.24, 2.45) is 0 Å². The zero-order valence-corrected chi connectivity index (χ0v) is 11.9. The summed E-state index contributed by atoms with van der Waals surface area (Å²) in [5.74, 6) is -1.37. The van der Waals surface area contributed by atoms with Crippen LogP contribution in [0, 0.1) is 22.9 Å². The molecule has 0 saturated carbocycles. The minimum atomic E-state index is -0.987. The second kappa shape index (κ2) is 6.21. The minimum absolute atomic E-state index is 0.0298. The van der Waals surface area contributed by atoms with Crippen LogP contribution in [0.25, 0.3) is 0 Å². The maximum absolute atomic E-state index is 13.9. The van der Waals surface area contributed by atoms with Crippen LogP contribution in [0.3, 0.4) is 0 Å². The number of amides is 1.